The first-order chi connectivity index (χ1) is 21.9. The van der Waals surface area contributed by atoms with E-state index in [9.17, 15) is 14.3 Å². The van der Waals surface area contributed by atoms with Crippen LogP contribution in [0.2, 0.25) is 0 Å². The number of halogens is 1. The molecule has 0 aliphatic carbocycles. The van der Waals surface area contributed by atoms with Crippen LogP contribution in [0.1, 0.15) is 30.1 Å². The van der Waals surface area contributed by atoms with Gasteiger partial charge in [-0.2, -0.15) is 14.6 Å². The van der Waals surface area contributed by atoms with Crippen molar-refractivity contribution in [3.05, 3.63) is 84.1 Å². The second-order valence-electron chi connectivity index (χ2n) is 11.2. The highest BCUT2D eigenvalue weighted by atomic mass is 19.1. The van der Waals surface area contributed by atoms with Crippen molar-refractivity contribution in [3.8, 4) is 16.9 Å². The molecular formula is C32H37FN8O4. The Morgan fingerprint density at radius 3 is 2.64 bits per heavy atom. The SMILES string of the molecule is COCCN1C[C@@H](NC(=O)Nc2c(C)c(-c3ccc(N4CCC(O)CC4)nc3)nn2-c2ccccc2)[C@H](c2ccnc(F)c2)O1. The number of pyridine rings is 2. The molecule has 2 saturated heterocycles. The van der Waals surface area contributed by atoms with Crippen molar-refractivity contribution in [1.82, 2.24) is 30.1 Å². The number of piperidine rings is 1. The van der Waals surface area contributed by atoms with Gasteiger partial charge in [-0.15, -0.1) is 0 Å². The van der Waals surface area contributed by atoms with E-state index in [0.29, 0.717) is 36.8 Å². The quantitative estimate of drug-likeness (QED) is 0.240. The van der Waals surface area contributed by atoms with Crippen molar-refractivity contribution in [1.29, 1.82) is 0 Å². The second kappa shape index (κ2) is 13.7. The number of para-hydroxylation sites is 1. The topological polar surface area (TPSA) is 130 Å². The van der Waals surface area contributed by atoms with Gasteiger partial charge in [0.15, 0.2) is 0 Å². The van der Waals surface area contributed by atoms with Crippen LogP contribution in [-0.2, 0) is 9.57 Å². The molecule has 5 heterocycles. The maximum absolute atomic E-state index is 14.0. The summed E-state index contributed by atoms with van der Waals surface area (Å²) in [5, 5.41) is 22.5. The van der Waals surface area contributed by atoms with Gasteiger partial charge in [-0.1, -0.05) is 18.2 Å². The Morgan fingerprint density at radius 2 is 1.93 bits per heavy atom. The van der Waals surface area contributed by atoms with E-state index >= 15 is 0 Å². The van der Waals surface area contributed by atoms with Gasteiger partial charge >= 0.3 is 6.03 Å². The second-order valence-corrected chi connectivity index (χ2v) is 11.2. The molecule has 0 spiro atoms. The number of ether oxygens (including phenoxy) is 1. The molecule has 13 heteroatoms. The van der Waals surface area contributed by atoms with E-state index in [1.165, 1.54) is 12.3 Å². The van der Waals surface area contributed by atoms with Crippen molar-refractivity contribution >= 4 is 17.7 Å². The Bertz CT molecular complexity index is 1590. The van der Waals surface area contributed by atoms with Crippen molar-refractivity contribution in [2.75, 3.05) is 50.1 Å². The number of aliphatic hydroxyl groups excluding tert-OH is 1. The van der Waals surface area contributed by atoms with Gasteiger partial charge in [-0.3, -0.25) is 10.2 Å². The summed E-state index contributed by atoms with van der Waals surface area (Å²) in [6, 6.07) is 15.6. The first-order valence-corrected chi connectivity index (χ1v) is 15.0. The summed E-state index contributed by atoms with van der Waals surface area (Å²) >= 11 is 0. The third-order valence-electron chi connectivity index (χ3n) is 8.13. The Kier molecular flexibility index (Phi) is 9.31. The molecule has 12 nitrogen and oxygen atoms in total. The van der Waals surface area contributed by atoms with E-state index in [4.69, 9.17) is 19.7 Å². The molecule has 2 aliphatic heterocycles. The first kappa shape index (κ1) is 30.6. The average Bonchev–Trinajstić information content (AvgIpc) is 3.61. The van der Waals surface area contributed by atoms with Gasteiger partial charge in [-0.25, -0.2) is 19.4 Å². The maximum Gasteiger partial charge on any atom is 0.320 e. The zero-order chi connectivity index (χ0) is 31.3. The molecule has 236 valence electrons. The number of carbonyl (C=O) groups is 1. The number of benzene rings is 1. The fourth-order valence-electron chi connectivity index (χ4n) is 5.73. The van der Waals surface area contributed by atoms with Gasteiger partial charge in [0.2, 0.25) is 5.95 Å². The molecule has 1 aromatic carbocycles. The van der Waals surface area contributed by atoms with E-state index in [1.807, 2.05) is 49.4 Å². The lowest BCUT2D eigenvalue weighted by molar-refractivity contribution is -0.154. The summed E-state index contributed by atoms with van der Waals surface area (Å²) in [6.45, 7) is 4.71. The van der Waals surface area contributed by atoms with Crippen molar-refractivity contribution < 1.29 is 23.9 Å². The van der Waals surface area contributed by atoms with Crippen LogP contribution < -0.4 is 15.5 Å². The average molecular weight is 617 g/mol. The lowest BCUT2D eigenvalue weighted by Gasteiger charge is -2.30. The molecule has 2 fully saturated rings. The van der Waals surface area contributed by atoms with Crippen molar-refractivity contribution in [3.63, 3.8) is 0 Å². The molecule has 0 radical (unpaired) electrons. The molecule has 2 aliphatic rings. The minimum atomic E-state index is -0.623. The fourth-order valence-corrected chi connectivity index (χ4v) is 5.73. The van der Waals surface area contributed by atoms with Crippen LogP contribution in [0.25, 0.3) is 16.9 Å². The fraction of sp³-hybridized carbons (Fsp3) is 0.375. The van der Waals surface area contributed by atoms with Gasteiger partial charge in [0, 0.05) is 56.8 Å². The predicted octanol–water partition coefficient (Wildman–Crippen LogP) is 3.86. The van der Waals surface area contributed by atoms with Gasteiger partial charge in [0.05, 0.1) is 30.1 Å². The summed E-state index contributed by atoms with van der Waals surface area (Å²) in [6.07, 6.45) is 3.74. The van der Waals surface area contributed by atoms with E-state index in [2.05, 4.69) is 20.5 Å². The van der Waals surface area contributed by atoms with Crippen LogP contribution in [0.3, 0.4) is 0 Å². The van der Waals surface area contributed by atoms with E-state index < -0.39 is 24.1 Å². The highest BCUT2D eigenvalue weighted by molar-refractivity contribution is 5.91. The molecule has 0 unspecified atom stereocenters. The molecule has 2 amide bonds. The van der Waals surface area contributed by atoms with E-state index in [0.717, 1.165) is 48.6 Å². The third kappa shape index (κ3) is 6.96. The molecule has 0 bridgehead atoms. The highest BCUT2D eigenvalue weighted by Gasteiger charge is 2.37. The summed E-state index contributed by atoms with van der Waals surface area (Å²) in [4.78, 5) is 30.2. The number of aromatic nitrogens is 4. The molecule has 3 aromatic heterocycles. The number of amides is 2. The van der Waals surface area contributed by atoms with Crippen LogP contribution in [0.5, 0.6) is 0 Å². The number of methoxy groups -OCH3 is 1. The summed E-state index contributed by atoms with van der Waals surface area (Å²) in [5.41, 5.74) is 3.60. The highest BCUT2D eigenvalue weighted by Crippen LogP contribution is 2.32. The Balaban J connectivity index is 1.25. The van der Waals surface area contributed by atoms with E-state index in [-0.39, 0.29) is 6.10 Å². The van der Waals surface area contributed by atoms with Crippen LogP contribution in [0, 0.1) is 12.9 Å². The molecule has 4 aromatic rings. The Hall–Kier alpha value is -4.43. The molecular weight excluding hydrogens is 579 g/mol. The van der Waals surface area contributed by atoms with E-state index in [1.54, 1.807) is 29.1 Å². The normalized spacial score (nSPS) is 19.2. The number of nitrogens with one attached hydrogen (secondary N) is 2. The molecule has 6 rings (SSSR count). The van der Waals surface area contributed by atoms with Crippen LogP contribution in [0.15, 0.2) is 67.0 Å². The maximum atomic E-state index is 14.0. The number of nitrogens with zero attached hydrogens (tertiary/aromatic N) is 6. The molecule has 3 N–H and O–H groups in total. The molecule has 2 atom stereocenters. The standard InChI is InChI=1S/C32H37FN8O4/c1-21-29(23-8-9-28(35-19-23)39-14-11-25(42)12-15-39)38-41(24-6-4-3-5-7-24)31(21)37-32(43)36-26-20-40(16-17-44-2)45-30(26)22-10-13-34-27(33)18-22/h3-10,13,18-19,25-26,30,42H,11-12,14-17,20H2,1-2H3,(H2,36,37,43)/t26-,30+/m1/s1. The number of urea groups is 1. The van der Waals surface area contributed by atoms with Crippen LogP contribution in [-0.4, -0.2) is 88.0 Å². The van der Waals surface area contributed by atoms with Gasteiger partial charge in [0.1, 0.15) is 17.7 Å². The van der Waals surface area contributed by atoms with Crippen molar-refractivity contribution in [2.45, 2.75) is 38.0 Å². The van der Waals surface area contributed by atoms with Crippen molar-refractivity contribution in [2.24, 2.45) is 0 Å². The Labute approximate surface area is 260 Å². The minimum absolute atomic E-state index is 0.256. The predicted molar refractivity (Wildman–Crippen MR) is 166 cm³/mol. The zero-order valence-electron chi connectivity index (χ0n) is 25.3. The number of hydrogen-bond donors (Lipinski definition) is 3. The third-order valence-corrected chi connectivity index (χ3v) is 8.13. The minimum Gasteiger partial charge on any atom is -0.393 e. The molecule has 0 saturated carbocycles. The number of carbonyl (C=O) groups excluding carboxylic acids is 1. The summed E-state index contributed by atoms with van der Waals surface area (Å²) in [5.74, 6) is 0.733. The van der Waals surface area contributed by atoms with Crippen LogP contribution >= 0.6 is 0 Å². The zero-order valence-corrected chi connectivity index (χ0v) is 25.3. The summed E-state index contributed by atoms with van der Waals surface area (Å²) in [7, 11) is 1.60. The first-order valence-electron chi connectivity index (χ1n) is 15.0. The number of anilines is 2. The largest absolute Gasteiger partial charge is 0.393 e. The van der Waals surface area contributed by atoms with Crippen LogP contribution in [0.4, 0.5) is 20.8 Å². The number of rotatable bonds is 9. The lowest BCUT2D eigenvalue weighted by Crippen LogP contribution is -2.42. The molecule has 45 heavy (non-hydrogen) atoms. The van der Waals surface area contributed by atoms with Gasteiger partial charge in [0.25, 0.3) is 0 Å². The number of hydroxylamine groups is 2. The smallest absolute Gasteiger partial charge is 0.320 e. The number of hydrogen-bond acceptors (Lipinski definition) is 9. The monoisotopic (exact) mass is 616 g/mol. The summed E-state index contributed by atoms with van der Waals surface area (Å²) < 4.78 is 20.9. The lowest BCUT2D eigenvalue weighted by atomic mass is 10.0. The van der Waals surface area contributed by atoms with Gasteiger partial charge < -0.3 is 20.1 Å². The Morgan fingerprint density at radius 1 is 1.13 bits per heavy atom. The van der Waals surface area contributed by atoms with Gasteiger partial charge in [-0.05, 0) is 61.7 Å². The number of aliphatic hydroxyl groups is 1.